The second kappa shape index (κ2) is 10.1. The number of carbonyl (C=O) groups excluding carboxylic acids is 2. The predicted octanol–water partition coefficient (Wildman–Crippen LogP) is 2.91. The molecule has 3 rings (SSSR count). The van der Waals surface area contributed by atoms with Crippen molar-refractivity contribution in [2.75, 3.05) is 25.0 Å². The van der Waals surface area contributed by atoms with E-state index >= 15 is 0 Å². The molecule has 3 N–H and O–H groups in total. The first kappa shape index (κ1) is 23.1. The normalized spacial score (nSPS) is 24.0. The number of benzene rings is 1. The van der Waals surface area contributed by atoms with Gasteiger partial charge < -0.3 is 25.4 Å². The Balaban J connectivity index is 1.53. The monoisotopic (exact) mass is 441 g/mol. The van der Waals surface area contributed by atoms with Crippen molar-refractivity contribution in [2.45, 2.75) is 50.1 Å². The van der Waals surface area contributed by atoms with Crippen LogP contribution in [0.1, 0.15) is 31.2 Å². The number of hydrogen-bond acceptors (Lipinski definition) is 4. The van der Waals surface area contributed by atoms with Crippen LogP contribution in [-0.2, 0) is 15.7 Å². The first-order chi connectivity index (χ1) is 14.8. The van der Waals surface area contributed by atoms with Crippen molar-refractivity contribution in [1.82, 2.24) is 10.2 Å². The zero-order valence-electron chi connectivity index (χ0n) is 16.9. The van der Waals surface area contributed by atoms with Gasteiger partial charge in [0.25, 0.3) is 0 Å². The van der Waals surface area contributed by atoms with Crippen molar-refractivity contribution in [2.24, 2.45) is 0 Å². The lowest BCUT2D eigenvalue weighted by Gasteiger charge is -2.33. The number of nitrogens with zero attached hydrogens (tertiary/aromatic N) is 1. The van der Waals surface area contributed by atoms with Crippen molar-refractivity contribution >= 4 is 17.6 Å². The lowest BCUT2D eigenvalue weighted by molar-refractivity contribution is -0.138. The van der Waals surface area contributed by atoms with Crippen molar-refractivity contribution in [3.8, 4) is 0 Å². The van der Waals surface area contributed by atoms with E-state index in [1.54, 1.807) is 12.2 Å². The molecular weight excluding hydrogens is 415 g/mol. The number of alkyl halides is 3. The van der Waals surface area contributed by atoms with E-state index in [4.69, 9.17) is 4.74 Å². The Morgan fingerprint density at radius 1 is 1.10 bits per heavy atom. The zero-order valence-corrected chi connectivity index (χ0v) is 16.9. The molecule has 0 spiro atoms. The summed E-state index contributed by atoms with van der Waals surface area (Å²) in [6.45, 7) is 1.12. The number of piperidine rings is 1. The highest BCUT2D eigenvalue weighted by atomic mass is 19.4. The number of carbonyl (C=O) groups is 2. The Bertz CT molecular complexity index is 792. The summed E-state index contributed by atoms with van der Waals surface area (Å²) in [5, 5.41) is 14.7. The molecule has 3 atom stereocenters. The van der Waals surface area contributed by atoms with Gasteiger partial charge in [0.1, 0.15) is 6.10 Å². The van der Waals surface area contributed by atoms with Gasteiger partial charge in [0.15, 0.2) is 0 Å². The Kier molecular flexibility index (Phi) is 7.55. The highest BCUT2D eigenvalue weighted by molar-refractivity contribution is 5.89. The molecule has 2 heterocycles. The smallest absolute Gasteiger partial charge is 0.394 e. The van der Waals surface area contributed by atoms with Gasteiger partial charge in [0, 0.05) is 18.8 Å². The van der Waals surface area contributed by atoms with E-state index in [0.717, 1.165) is 56.6 Å². The van der Waals surface area contributed by atoms with E-state index in [0.29, 0.717) is 0 Å². The largest absolute Gasteiger partial charge is 0.416 e. The van der Waals surface area contributed by atoms with Crippen LogP contribution >= 0.6 is 0 Å². The van der Waals surface area contributed by atoms with Crippen LogP contribution < -0.4 is 10.6 Å². The maximum atomic E-state index is 12.6. The van der Waals surface area contributed by atoms with Gasteiger partial charge in [-0.1, -0.05) is 12.2 Å². The van der Waals surface area contributed by atoms with Gasteiger partial charge in [-0.05, 0) is 43.5 Å². The second-order valence-electron chi connectivity index (χ2n) is 7.63. The molecule has 2 aliphatic rings. The third-order valence-corrected chi connectivity index (χ3v) is 5.32. The first-order valence-corrected chi connectivity index (χ1v) is 10.2. The summed E-state index contributed by atoms with van der Waals surface area (Å²) in [5.41, 5.74) is -0.621. The number of hydrogen-bond donors (Lipinski definition) is 3. The number of anilines is 1. The number of nitrogens with one attached hydrogen (secondary N) is 2. The average molecular weight is 441 g/mol. The molecule has 0 unspecified atom stereocenters. The molecule has 1 fully saturated rings. The molecule has 10 heteroatoms. The van der Waals surface area contributed by atoms with Gasteiger partial charge in [-0.3, -0.25) is 4.79 Å². The van der Waals surface area contributed by atoms with Crippen LogP contribution in [0, 0.1) is 0 Å². The van der Waals surface area contributed by atoms with Crippen molar-refractivity contribution < 1.29 is 32.6 Å². The molecule has 3 amide bonds. The van der Waals surface area contributed by atoms with Crippen LogP contribution in [0.5, 0.6) is 0 Å². The van der Waals surface area contributed by atoms with Crippen molar-refractivity contribution in [1.29, 1.82) is 0 Å². The van der Waals surface area contributed by atoms with Crippen LogP contribution in [-0.4, -0.2) is 59.9 Å². The zero-order chi connectivity index (χ0) is 22.4. The molecular formula is C21H26F3N3O4. The Hall–Kier alpha value is -2.59. The minimum absolute atomic E-state index is 0.00232. The Morgan fingerprint density at radius 3 is 2.39 bits per heavy atom. The third kappa shape index (κ3) is 6.44. The fourth-order valence-electron chi connectivity index (χ4n) is 3.64. The fraction of sp³-hybridized carbons (Fsp3) is 0.524. The molecule has 1 saturated heterocycles. The molecule has 1 aromatic rings. The van der Waals surface area contributed by atoms with Crippen LogP contribution in [0.4, 0.5) is 23.7 Å². The topological polar surface area (TPSA) is 90.9 Å². The molecule has 0 saturated carbocycles. The number of ether oxygens (including phenoxy) is 1. The summed E-state index contributed by atoms with van der Waals surface area (Å²) in [5.74, 6) is -0.00232. The van der Waals surface area contributed by atoms with E-state index in [1.807, 2.05) is 4.90 Å². The van der Waals surface area contributed by atoms with Crippen LogP contribution in [0.15, 0.2) is 36.4 Å². The summed E-state index contributed by atoms with van der Waals surface area (Å²) in [6, 6.07) is 2.75. The Morgan fingerprint density at radius 2 is 1.77 bits per heavy atom. The minimum Gasteiger partial charge on any atom is -0.394 e. The number of aliphatic hydroxyl groups is 1. The summed E-state index contributed by atoms with van der Waals surface area (Å²) >= 11 is 0. The molecule has 31 heavy (non-hydrogen) atoms. The van der Waals surface area contributed by atoms with Crippen LogP contribution in [0.25, 0.3) is 0 Å². The van der Waals surface area contributed by atoms with E-state index in [-0.39, 0.29) is 24.6 Å². The van der Waals surface area contributed by atoms with Gasteiger partial charge in [-0.25, -0.2) is 4.79 Å². The minimum atomic E-state index is -4.45. The lowest BCUT2D eigenvalue weighted by atomic mass is 10.0. The van der Waals surface area contributed by atoms with E-state index in [9.17, 15) is 27.9 Å². The van der Waals surface area contributed by atoms with Crippen molar-refractivity contribution in [3.63, 3.8) is 0 Å². The molecule has 0 radical (unpaired) electrons. The van der Waals surface area contributed by atoms with Gasteiger partial charge in [0.2, 0.25) is 5.91 Å². The molecule has 0 aromatic heterocycles. The third-order valence-electron chi connectivity index (χ3n) is 5.32. The average Bonchev–Trinajstić information content (AvgIpc) is 2.75. The molecule has 0 aliphatic carbocycles. The summed E-state index contributed by atoms with van der Waals surface area (Å²) in [7, 11) is 0. The SMILES string of the molecule is O=C(Nc1ccc(C(F)(F)F)cc1)N[C@@H]1C=C[C@@H](CC(=O)N2CCCCC2)O[C@H]1CO. The van der Waals surface area contributed by atoms with Crippen LogP contribution in [0.3, 0.4) is 0 Å². The summed E-state index contributed by atoms with van der Waals surface area (Å²) in [4.78, 5) is 26.4. The summed E-state index contributed by atoms with van der Waals surface area (Å²) in [6.07, 6.45) is 0.909. The molecule has 2 aliphatic heterocycles. The summed E-state index contributed by atoms with van der Waals surface area (Å²) < 4.78 is 43.6. The number of amides is 3. The maximum Gasteiger partial charge on any atom is 0.416 e. The number of aliphatic hydroxyl groups excluding tert-OH is 1. The molecule has 1 aromatic carbocycles. The predicted molar refractivity (Wildman–Crippen MR) is 107 cm³/mol. The number of halogens is 3. The van der Waals surface area contributed by atoms with Gasteiger partial charge >= 0.3 is 12.2 Å². The van der Waals surface area contributed by atoms with Gasteiger partial charge in [0.05, 0.1) is 30.7 Å². The number of urea groups is 1. The maximum absolute atomic E-state index is 12.6. The van der Waals surface area contributed by atoms with Gasteiger partial charge in [-0.2, -0.15) is 13.2 Å². The van der Waals surface area contributed by atoms with E-state index in [2.05, 4.69) is 10.6 Å². The molecule has 7 nitrogen and oxygen atoms in total. The highest BCUT2D eigenvalue weighted by Crippen LogP contribution is 2.29. The first-order valence-electron chi connectivity index (χ1n) is 10.2. The number of likely N-dealkylation sites (tertiary alicyclic amines) is 1. The second-order valence-corrected chi connectivity index (χ2v) is 7.63. The fourth-order valence-corrected chi connectivity index (χ4v) is 3.64. The highest BCUT2D eigenvalue weighted by Gasteiger charge is 2.31. The standard InChI is InChI=1S/C21H26F3N3O4/c22-21(23,24)14-4-6-15(7-5-14)25-20(30)26-17-9-8-16(31-18(17)13-28)12-19(29)27-10-2-1-3-11-27/h4-9,16-18,28H,1-3,10-13H2,(H2,25,26,30)/t16-,17+,18-/m0/s1. The Labute approximate surface area is 178 Å². The van der Waals surface area contributed by atoms with Crippen molar-refractivity contribution in [3.05, 3.63) is 42.0 Å². The lowest BCUT2D eigenvalue weighted by Crippen LogP contribution is -2.50. The quantitative estimate of drug-likeness (QED) is 0.613. The van der Waals surface area contributed by atoms with Crippen LogP contribution in [0.2, 0.25) is 0 Å². The molecule has 0 bridgehead atoms. The molecule has 170 valence electrons. The van der Waals surface area contributed by atoms with E-state index < -0.39 is 36.0 Å². The number of rotatable bonds is 5. The van der Waals surface area contributed by atoms with E-state index in [1.165, 1.54) is 0 Å². The van der Waals surface area contributed by atoms with Gasteiger partial charge in [-0.15, -0.1) is 0 Å².